The molecule has 1 rings (SSSR count). The van der Waals surface area contributed by atoms with Crippen LogP contribution in [0.4, 0.5) is 0 Å². The van der Waals surface area contributed by atoms with Crippen molar-refractivity contribution in [2.45, 2.75) is 19.4 Å². The summed E-state index contributed by atoms with van der Waals surface area (Å²) in [5.41, 5.74) is 0. The summed E-state index contributed by atoms with van der Waals surface area (Å²) in [6.45, 7) is 1.38. The Hall–Kier alpha value is -1.46. The van der Waals surface area contributed by atoms with E-state index in [4.69, 9.17) is 33.0 Å². The van der Waals surface area contributed by atoms with Crippen LogP contribution in [-0.4, -0.2) is 29.6 Å². The molecule has 0 heterocycles. The minimum absolute atomic E-state index is 0.290. The monoisotopic (exact) mass is 305 g/mol. The summed E-state index contributed by atoms with van der Waals surface area (Å²) < 4.78 is 5.18. The number of carboxylic acid groups (broad SMARTS) is 1. The van der Waals surface area contributed by atoms with Crippen LogP contribution in [0.3, 0.4) is 0 Å². The normalized spacial score (nSPS) is 11.7. The predicted octanol–water partition coefficient (Wildman–Crippen LogP) is 2.35. The van der Waals surface area contributed by atoms with Gasteiger partial charge in [0.05, 0.1) is 10.0 Å². The minimum Gasteiger partial charge on any atom is -0.484 e. The summed E-state index contributed by atoms with van der Waals surface area (Å²) in [6, 6.07) is 3.68. The number of halogens is 2. The molecule has 19 heavy (non-hydrogen) atoms. The Kier molecular flexibility index (Phi) is 5.92. The average Bonchev–Trinajstić information content (AvgIpc) is 2.37. The Labute approximate surface area is 120 Å². The van der Waals surface area contributed by atoms with Gasteiger partial charge >= 0.3 is 5.97 Å². The van der Waals surface area contributed by atoms with Crippen LogP contribution in [0.2, 0.25) is 10.0 Å². The van der Waals surface area contributed by atoms with Crippen molar-refractivity contribution in [2.24, 2.45) is 0 Å². The highest BCUT2D eigenvalue weighted by molar-refractivity contribution is 6.42. The molecule has 1 atom stereocenters. The highest BCUT2D eigenvalue weighted by Crippen LogP contribution is 2.26. The second-order valence-electron chi connectivity index (χ2n) is 3.73. The van der Waals surface area contributed by atoms with Gasteiger partial charge < -0.3 is 15.2 Å². The third kappa shape index (κ3) is 4.96. The molecule has 1 aromatic carbocycles. The molecule has 0 bridgehead atoms. The largest absolute Gasteiger partial charge is 0.484 e. The van der Waals surface area contributed by atoms with E-state index in [-0.39, 0.29) is 6.61 Å². The van der Waals surface area contributed by atoms with Crippen LogP contribution in [0.1, 0.15) is 13.3 Å². The quantitative estimate of drug-likeness (QED) is 0.846. The summed E-state index contributed by atoms with van der Waals surface area (Å²) in [7, 11) is 0. The van der Waals surface area contributed by atoms with Crippen LogP contribution < -0.4 is 10.1 Å². The third-order valence-corrected chi connectivity index (χ3v) is 3.04. The fraction of sp³-hybridized carbons (Fsp3) is 0.333. The lowest BCUT2D eigenvalue weighted by Gasteiger charge is -2.12. The molecule has 0 saturated carbocycles. The van der Waals surface area contributed by atoms with Gasteiger partial charge in [-0.1, -0.05) is 30.1 Å². The van der Waals surface area contributed by atoms with E-state index >= 15 is 0 Å². The number of hydrogen-bond acceptors (Lipinski definition) is 3. The van der Waals surface area contributed by atoms with Gasteiger partial charge in [-0.05, 0) is 18.6 Å². The van der Waals surface area contributed by atoms with Crippen LogP contribution in [-0.2, 0) is 9.59 Å². The number of carboxylic acids is 1. The molecule has 0 radical (unpaired) electrons. The highest BCUT2D eigenvalue weighted by atomic mass is 35.5. The van der Waals surface area contributed by atoms with E-state index in [1.54, 1.807) is 19.1 Å². The number of rotatable bonds is 6. The first-order valence-electron chi connectivity index (χ1n) is 5.54. The fourth-order valence-corrected chi connectivity index (χ4v) is 1.58. The van der Waals surface area contributed by atoms with Crippen molar-refractivity contribution >= 4 is 35.1 Å². The SMILES string of the molecule is CCC(NC(=O)COc1ccc(Cl)c(Cl)c1)C(=O)O. The van der Waals surface area contributed by atoms with Crippen molar-refractivity contribution in [1.82, 2.24) is 5.32 Å². The van der Waals surface area contributed by atoms with Gasteiger partial charge in [0.25, 0.3) is 5.91 Å². The number of amides is 1. The molecule has 0 aliphatic carbocycles. The molecule has 5 nitrogen and oxygen atoms in total. The second kappa shape index (κ2) is 7.21. The fourth-order valence-electron chi connectivity index (χ4n) is 1.29. The average molecular weight is 306 g/mol. The number of carbonyl (C=O) groups is 2. The Morgan fingerprint density at radius 3 is 2.58 bits per heavy atom. The number of hydrogen-bond donors (Lipinski definition) is 2. The molecule has 0 aliphatic rings. The van der Waals surface area contributed by atoms with Gasteiger partial charge in [0, 0.05) is 6.07 Å². The summed E-state index contributed by atoms with van der Waals surface area (Å²) >= 11 is 11.5. The van der Waals surface area contributed by atoms with Gasteiger partial charge in [0.1, 0.15) is 11.8 Å². The second-order valence-corrected chi connectivity index (χ2v) is 4.55. The zero-order valence-corrected chi connectivity index (χ0v) is 11.7. The first kappa shape index (κ1) is 15.6. The first-order valence-corrected chi connectivity index (χ1v) is 6.29. The molecule has 7 heteroatoms. The summed E-state index contributed by atoms with van der Waals surface area (Å²) in [6.07, 6.45) is 0.299. The summed E-state index contributed by atoms with van der Waals surface area (Å²) in [4.78, 5) is 22.2. The van der Waals surface area contributed by atoms with Gasteiger partial charge in [-0.2, -0.15) is 0 Å². The maximum atomic E-state index is 11.5. The van der Waals surface area contributed by atoms with Gasteiger partial charge in [0.15, 0.2) is 6.61 Å². The van der Waals surface area contributed by atoms with E-state index < -0.39 is 17.9 Å². The molecule has 1 aromatic rings. The van der Waals surface area contributed by atoms with E-state index in [0.29, 0.717) is 22.2 Å². The molecule has 1 unspecified atom stereocenters. The molecule has 0 fully saturated rings. The minimum atomic E-state index is -1.08. The van der Waals surface area contributed by atoms with Crippen LogP contribution in [0.5, 0.6) is 5.75 Å². The number of benzene rings is 1. The van der Waals surface area contributed by atoms with E-state index in [1.165, 1.54) is 6.07 Å². The number of aliphatic carboxylic acids is 1. The highest BCUT2D eigenvalue weighted by Gasteiger charge is 2.17. The molecular weight excluding hydrogens is 293 g/mol. The molecule has 0 spiro atoms. The van der Waals surface area contributed by atoms with Gasteiger partial charge in [-0.3, -0.25) is 4.79 Å². The Morgan fingerprint density at radius 2 is 2.05 bits per heavy atom. The molecule has 0 saturated heterocycles. The lowest BCUT2D eigenvalue weighted by atomic mass is 10.2. The van der Waals surface area contributed by atoms with Crippen LogP contribution >= 0.6 is 23.2 Å². The number of ether oxygens (including phenoxy) is 1. The molecule has 104 valence electrons. The maximum Gasteiger partial charge on any atom is 0.326 e. The first-order chi connectivity index (χ1) is 8.93. The van der Waals surface area contributed by atoms with Crippen LogP contribution in [0.25, 0.3) is 0 Å². The van der Waals surface area contributed by atoms with E-state index in [9.17, 15) is 9.59 Å². The maximum absolute atomic E-state index is 11.5. The molecular formula is C12H13Cl2NO4. The van der Waals surface area contributed by atoms with Gasteiger partial charge in [0.2, 0.25) is 0 Å². The Morgan fingerprint density at radius 1 is 1.37 bits per heavy atom. The summed E-state index contributed by atoms with van der Waals surface area (Å²) in [5, 5.41) is 11.8. The standard InChI is InChI=1S/C12H13Cl2NO4/c1-2-10(12(17)18)15-11(16)6-19-7-3-4-8(13)9(14)5-7/h3-5,10H,2,6H2,1H3,(H,15,16)(H,17,18). The smallest absolute Gasteiger partial charge is 0.326 e. The zero-order chi connectivity index (χ0) is 14.4. The van der Waals surface area contributed by atoms with Crippen molar-refractivity contribution in [3.63, 3.8) is 0 Å². The van der Waals surface area contributed by atoms with E-state index in [0.717, 1.165) is 0 Å². The van der Waals surface area contributed by atoms with E-state index in [1.807, 2.05) is 0 Å². The van der Waals surface area contributed by atoms with Crippen LogP contribution in [0.15, 0.2) is 18.2 Å². The topological polar surface area (TPSA) is 75.6 Å². The third-order valence-electron chi connectivity index (χ3n) is 2.30. The van der Waals surface area contributed by atoms with Crippen molar-refractivity contribution in [2.75, 3.05) is 6.61 Å². The molecule has 0 aliphatic heterocycles. The molecule has 2 N–H and O–H groups in total. The molecule has 0 aromatic heterocycles. The Bertz CT molecular complexity index is 479. The zero-order valence-electron chi connectivity index (χ0n) is 10.2. The van der Waals surface area contributed by atoms with Gasteiger partial charge in [-0.25, -0.2) is 4.79 Å². The number of carbonyl (C=O) groups excluding carboxylic acids is 1. The van der Waals surface area contributed by atoms with Crippen molar-refractivity contribution < 1.29 is 19.4 Å². The summed E-state index contributed by atoms with van der Waals surface area (Å²) in [5.74, 6) is -1.21. The predicted molar refractivity (Wildman–Crippen MR) is 71.8 cm³/mol. The molecule has 1 amide bonds. The van der Waals surface area contributed by atoms with Crippen molar-refractivity contribution in [1.29, 1.82) is 0 Å². The van der Waals surface area contributed by atoms with Crippen molar-refractivity contribution in [3.05, 3.63) is 28.2 Å². The van der Waals surface area contributed by atoms with E-state index in [2.05, 4.69) is 5.32 Å². The number of nitrogens with one attached hydrogen (secondary N) is 1. The van der Waals surface area contributed by atoms with Gasteiger partial charge in [-0.15, -0.1) is 0 Å². The lowest BCUT2D eigenvalue weighted by molar-refractivity contribution is -0.142. The Balaban J connectivity index is 2.49. The lowest BCUT2D eigenvalue weighted by Crippen LogP contribution is -2.42. The van der Waals surface area contributed by atoms with Crippen molar-refractivity contribution in [3.8, 4) is 5.75 Å². The van der Waals surface area contributed by atoms with Crippen LogP contribution in [0, 0.1) is 0 Å².